The second-order valence-corrected chi connectivity index (χ2v) is 5.68. The van der Waals surface area contributed by atoms with Crippen molar-refractivity contribution < 1.29 is 9.47 Å². The summed E-state index contributed by atoms with van der Waals surface area (Å²) >= 11 is 6.31. The fourth-order valence-electron chi connectivity index (χ4n) is 2.67. The molecule has 6 heteroatoms. The SMILES string of the molecule is N#CC1CNCCN1Cc1cc(Cl)c2c(c1)OCCCO2. The lowest BCUT2D eigenvalue weighted by atomic mass is 10.1. The molecule has 2 heterocycles. The van der Waals surface area contributed by atoms with Crippen molar-refractivity contribution in [1.29, 1.82) is 5.26 Å². The van der Waals surface area contributed by atoms with Crippen molar-refractivity contribution in [3.05, 3.63) is 22.7 Å². The van der Waals surface area contributed by atoms with Crippen LogP contribution in [0, 0.1) is 11.3 Å². The Kier molecular flexibility index (Phi) is 4.49. The van der Waals surface area contributed by atoms with Crippen molar-refractivity contribution in [3.8, 4) is 17.6 Å². The molecule has 112 valence electrons. The van der Waals surface area contributed by atoms with Crippen LogP contribution in [0.4, 0.5) is 0 Å². The normalized spacial score (nSPS) is 22.4. The first-order valence-electron chi connectivity index (χ1n) is 7.20. The summed E-state index contributed by atoms with van der Waals surface area (Å²) < 4.78 is 11.3. The molecule has 3 rings (SSSR count). The van der Waals surface area contributed by atoms with Gasteiger partial charge < -0.3 is 14.8 Å². The van der Waals surface area contributed by atoms with E-state index in [0.29, 0.717) is 42.8 Å². The van der Waals surface area contributed by atoms with E-state index in [9.17, 15) is 5.26 Å². The van der Waals surface area contributed by atoms with Gasteiger partial charge in [-0.2, -0.15) is 5.26 Å². The van der Waals surface area contributed by atoms with Gasteiger partial charge in [-0.05, 0) is 17.7 Å². The number of piperazine rings is 1. The first-order valence-corrected chi connectivity index (χ1v) is 7.58. The Morgan fingerprint density at radius 3 is 3.10 bits per heavy atom. The Balaban J connectivity index is 1.81. The van der Waals surface area contributed by atoms with Crippen molar-refractivity contribution >= 4 is 11.6 Å². The first-order chi connectivity index (χ1) is 10.3. The molecule has 1 fully saturated rings. The van der Waals surface area contributed by atoms with Crippen molar-refractivity contribution in [2.24, 2.45) is 0 Å². The maximum Gasteiger partial charge on any atom is 0.179 e. The molecule has 1 saturated heterocycles. The smallest absolute Gasteiger partial charge is 0.179 e. The number of hydrogen-bond acceptors (Lipinski definition) is 5. The lowest BCUT2D eigenvalue weighted by Gasteiger charge is -2.32. The predicted molar refractivity (Wildman–Crippen MR) is 79.7 cm³/mol. The van der Waals surface area contributed by atoms with E-state index in [2.05, 4.69) is 16.3 Å². The van der Waals surface area contributed by atoms with Crippen molar-refractivity contribution in [1.82, 2.24) is 10.2 Å². The lowest BCUT2D eigenvalue weighted by Crippen LogP contribution is -2.49. The third-order valence-corrected chi connectivity index (χ3v) is 4.03. The summed E-state index contributed by atoms with van der Waals surface area (Å²) in [5.74, 6) is 1.34. The molecular formula is C15H18ClN3O2. The van der Waals surface area contributed by atoms with Gasteiger partial charge in [-0.15, -0.1) is 0 Å². The zero-order valence-electron chi connectivity index (χ0n) is 11.8. The Morgan fingerprint density at radius 1 is 1.38 bits per heavy atom. The predicted octanol–water partition coefficient (Wildman–Crippen LogP) is 1.80. The summed E-state index contributed by atoms with van der Waals surface area (Å²) in [4.78, 5) is 2.16. The van der Waals surface area contributed by atoms with E-state index >= 15 is 0 Å². The number of benzene rings is 1. The molecule has 1 N–H and O–H groups in total. The molecule has 0 saturated carbocycles. The highest BCUT2D eigenvalue weighted by molar-refractivity contribution is 6.32. The van der Waals surface area contributed by atoms with Crippen LogP contribution in [0.15, 0.2) is 12.1 Å². The Morgan fingerprint density at radius 2 is 2.24 bits per heavy atom. The van der Waals surface area contributed by atoms with E-state index in [-0.39, 0.29) is 6.04 Å². The number of nitrogens with one attached hydrogen (secondary N) is 1. The van der Waals surface area contributed by atoms with Gasteiger partial charge >= 0.3 is 0 Å². The summed E-state index contributed by atoms with van der Waals surface area (Å²) in [7, 11) is 0. The Labute approximate surface area is 129 Å². The number of fused-ring (bicyclic) bond motifs is 1. The van der Waals surface area contributed by atoms with Crippen LogP contribution in [0.3, 0.4) is 0 Å². The quantitative estimate of drug-likeness (QED) is 0.903. The van der Waals surface area contributed by atoms with Gasteiger partial charge in [-0.3, -0.25) is 4.90 Å². The van der Waals surface area contributed by atoms with Crippen LogP contribution in [-0.4, -0.2) is 43.8 Å². The highest BCUT2D eigenvalue weighted by Gasteiger charge is 2.23. The van der Waals surface area contributed by atoms with Gasteiger partial charge in [0.25, 0.3) is 0 Å². The molecule has 1 aromatic rings. The third-order valence-electron chi connectivity index (χ3n) is 3.75. The summed E-state index contributed by atoms with van der Waals surface area (Å²) in [6, 6.07) is 6.12. The monoisotopic (exact) mass is 307 g/mol. The molecule has 2 aliphatic rings. The fourth-order valence-corrected chi connectivity index (χ4v) is 2.96. The van der Waals surface area contributed by atoms with Crippen LogP contribution in [-0.2, 0) is 6.54 Å². The summed E-state index contributed by atoms with van der Waals surface area (Å²) in [5.41, 5.74) is 1.05. The minimum Gasteiger partial charge on any atom is -0.489 e. The largest absolute Gasteiger partial charge is 0.489 e. The van der Waals surface area contributed by atoms with E-state index in [1.54, 1.807) is 0 Å². The van der Waals surface area contributed by atoms with E-state index in [4.69, 9.17) is 21.1 Å². The molecule has 0 amide bonds. The van der Waals surface area contributed by atoms with Gasteiger partial charge in [0, 0.05) is 32.6 Å². The van der Waals surface area contributed by atoms with Gasteiger partial charge in [0.1, 0.15) is 6.04 Å². The molecule has 5 nitrogen and oxygen atoms in total. The van der Waals surface area contributed by atoms with E-state index in [0.717, 1.165) is 25.1 Å². The zero-order valence-corrected chi connectivity index (χ0v) is 12.5. The van der Waals surface area contributed by atoms with E-state index in [1.807, 2.05) is 12.1 Å². The minimum absolute atomic E-state index is 0.103. The molecular weight excluding hydrogens is 290 g/mol. The number of nitrogens with zero attached hydrogens (tertiary/aromatic N) is 2. The van der Waals surface area contributed by atoms with Gasteiger partial charge in [-0.1, -0.05) is 11.6 Å². The lowest BCUT2D eigenvalue weighted by molar-refractivity contribution is 0.189. The molecule has 1 atom stereocenters. The zero-order chi connectivity index (χ0) is 14.7. The van der Waals surface area contributed by atoms with Gasteiger partial charge in [0.2, 0.25) is 0 Å². The molecule has 1 unspecified atom stereocenters. The van der Waals surface area contributed by atoms with Gasteiger partial charge in [0.15, 0.2) is 11.5 Å². The molecule has 0 bridgehead atoms. The second kappa shape index (κ2) is 6.52. The highest BCUT2D eigenvalue weighted by atomic mass is 35.5. The highest BCUT2D eigenvalue weighted by Crippen LogP contribution is 2.38. The van der Waals surface area contributed by atoms with Crippen LogP contribution in [0.5, 0.6) is 11.5 Å². The standard InChI is InChI=1S/C15H18ClN3O2/c16-13-6-11(7-14-15(13)21-5-1-4-20-14)10-19-3-2-18-9-12(19)8-17/h6-7,12,18H,1-5,9-10H2. The number of halogens is 1. The maximum atomic E-state index is 9.22. The second-order valence-electron chi connectivity index (χ2n) is 5.27. The van der Waals surface area contributed by atoms with Gasteiger partial charge in [-0.25, -0.2) is 0 Å². The summed E-state index contributed by atoms with van der Waals surface area (Å²) in [5, 5.41) is 13.0. The molecule has 1 aromatic carbocycles. The van der Waals surface area contributed by atoms with E-state index in [1.165, 1.54) is 0 Å². The molecule has 0 aliphatic carbocycles. The third kappa shape index (κ3) is 3.24. The van der Waals surface area contributed by atoms with Crippen LogP contribution in [0.1, 0.15) is 12.0 Å². The average Bonchev–Trinajstić information content (AvgIpc) is 2.73. The number of hydrogen-bond donors (Lipinski definition) is 1. The fraction of sp³-hybridized carbons (Fsp3) is 0.533. The first kappa shape index (κ1) is 14.5. The van der Waals surface area contributed by atoms with Crippen LogP contribution in [0.2, 0.25) is 5.02 Å². The Bertz CT molecular complexity index is 559. The molecule has 0 spiro atoms. The maximum absolute atomic E-state index is 9.22. The molecule has 21 heavy (non-hydrogen) atoms. The molecule has 0 radical (unpaired) electrons. The number of rotatable bonds is 2. The van der Waals surface area contributed by atoms with E-state index < -0.39 is 0 Å². The summed E-state index contributed by atoms with van der Waals surface area (Å²) in [6.45, 7) is 4.41. The van der Waals surface area contributed by atoms with Crippen molar-refractivity contribution in [2.45, 2.75) is 19.0 Å². The van der Waals surface area contributed by atoms with Crippen LogP contribution in [0.25, 0.3) is 0 Å². The van der Waals surface area contributed by atoms with Crippen LogP contribution >= 0.6 is 11.6 Å². The van der Waals surface area contributed by atoms with Crippen molar-refractivity contribution in [3.63, 3.8) is 0 Å². The number of nitriles is 1. The summed E-state index contributed by atoms with van der Waals surface area (Å²) in [6.07, 6.45) is 0.856. The number of ether oxygens (including phenoxy) is 2. The van der Waals surface area contributed by atoms with Crippen LogP contribution < -0.4 is 14.8 Å². The minimum atomic E-state index is -0.103. The molecule has 0 aromatic heterocycles. The average molecular weight is 308 g/mol. The Hall–Kier alpha value is -1.48. The van der Waals surface area contributed by atoms with Gasteiger partial charge in [0.05, 0.1) is 24.3 Å². The van der Waals surface area contributed by atoms with Crippen molar-refractivity contribution in [2.75, 3.05) is 32.8 Å². The topological polar surface area (TPSA) is 57.5 Å². The molecule has 2 aliphatic heterocycles.